The second-order valence-electron chi connectivity index (χ2n) is 4.66. The highest BCUT2D eigenvalue weighted by Gasteiger charge is 2.15. The second kappa shape index (κ2) is 6.21. The number of anilines is 3. The molecule has 2 aromatic rings. The molecule has 0 spiro atoms. The number of aromatic nitrogens is 1. The van der Waals surface area contributed by atoms with E-state index in [1.165, 1.54) is 12.1 Å². The monoisotopic (exact) mass is 286 g/mol. The summed E-state index contributed by atoms with van der Waals surface area (Å²) in [6.45, 7) is 4.67. The van der Waals surface area contributed by atoms with Crippen LogP contribution >= 0.6 is 0 Å². The molecule has 6 nitrogen and oxygen atoms in total. The zero-order valence-corrected chi connectivity index (χ0v) is 12.3. The SMILES string of the molecule is CCN(c1ccc(C)cc1)c1cc([N+](=O)[O-])cc(NC)n1. The molecule has 0 atom stereocenters. The van der Waals surface area contributed by atoms with E-state index in [2.05, 4.69) is 10.3 Å². The predicted molar refractivity (Wildman–Crippen MR) is 84.3 cm³/mol. The molecule has 0 unspecified atom stereocenters. The lowest BCUT2D eigenvalue weighted by Crippen LogP contribution is -2.18. The van der Waals surface area contributed by atoms with Crippen molar-refractivity contribution in [3.05, 3.63) is 52.1 Å². The van der Waals surface area contributed by atoms with E-state index in [9.17, 15) is 10.1 Å². The molecule has 0 bridgehead atoms. The summed E-state index contributed by atoms with van der Waals surface area (Å²) in [7, 11) is 1.69. The smallest absolute Gasteiger partial charge is 0.276 e. The molecular weight excluding hydrogens is 268 g/mol. The van der Waals surface area contributed by atoms with E-state index in [4.69, 9.17) is 0 Å². The molecular formula is C15H18N4O2. The Labute approximate surface area is 123 Å². The number of nitrogens with one attached hydrogen (secondary N) is 1. The van der Waals surface area contributed by atoms with Gasteiger partial charge in [-0.3, -0.25) is 10.1 Å². The molecule has 0 saturated heterocycles. The molecule has 0 fully saturated rings. The van der Waals surface area contributed by atoms with Crippen molar-refractivity contribution in [2.75, 3.05) is 23.8 Å². The largest absolute Gasteiger partial charge is 0.373 e. The molecule has 0 amide bonds. The van der Waals surface area contributed by atoms with Crippen molar-refractivity contribution < 1.29 is 4.92 Å². The van der Waals surface area contributed by atoms with Crippen molar-refractivity contribution in [1.82, 2.24) is 4.98 Å². The first kappa shape index (κ1) is 14.8. The molecule has 110 valence electrons. The topological polar surface area (TPSA) is 71.3 Å². The summed E-state index contributed by atoms with van der Waals surface area (Å²) in [5.74, 6) is 1.03. The Morgan fingerprint density at radius 1 is 1.29 bits per heavy atom. The van der Waals surface area contributed by atoms with Gasteiger partial charge in [0.05, 0.1) is 17.1 Å². The Bertz CT molecular complexity index is 641. The number of hydrogen-bond acceptors (Lipinski definition) is 5. The van der Waals surface area contributed by atoms with Crippen LogP contribution in [0.25, 0.3) is 0 Å². The molecule has 0 aliphatic carbocycles. The zero-order chi connectivity index (χ0) is 15.4. The maximum absolute atomic E-state index is 11.0. The Morgan fingerprint density at radius 3 is 2.48 bits per heavy atom. The minimum atomic E-state index is -0.408. The minimum Gasteiger partial charge on any atom is -0.373 e. The van der Waals surface area contributed by atoms with Crippen LogP contribution in [0.2, 0.25) is 0 Å². The van der Waals surface area contributed by atoms with E-state index in [0.29, 0.717) is 18.2 Å². The van der Waals surface area contributed by atoms with Crippen molar-refractivity contribution in [3.8, 4) is 0 Å². The molecule has 1 N–H and O–H groups in total. The van der Waals surface area contributed by atoms with Crippen molar-refractivity contribution in [2.45, 2.75) is 13.8 Å². The fourth-order valence-electron chi connectivity index (χ4n) is 2.08. The molecule has 21 heavy (non-hydrogen) atoms. The number of hydrogen-bond donors (Lipinski definition) is 1. The van der Waals surface area contributed by atoms with E-state index in [1.54, 1.807) is 7.05 Å². The van der Waals surface area contributed by atoms with Gasteiger partial charge in [0.15, 0.2) is 0 Å². The van der Waals surface area contributed by atoms with Gasteiger partial charge in [-0.05, 0) is 26.0 Å². The van der Waals surface area contributed by atoms with Crippen molar-refractivity contribution >= 4 is 23.0 Å². The summed E-state index contributed by atoms with van der Waals surface area (Å²) < 4.78 is 0. The van der Waals surface area contributed by atoms with Crippen LogP contribution in [0.5, 0.6) is 0 Å². The van der Waals surface area contributed by atoms with E-state index >= 15 is 0 Å². The molecule has 1 aromatic carbocycles. The van der Waals surface area contributed by atoms with E-state index in [-0.39, 0.29) is 5.69 Å². The highest BCUT2D eigenvalue weighted by atomic mass is 16.6. The number of aryl methyl sites for hydroxylation is 1. The van der Waals surface area contributed by atoms with Crippen LogP contribution in [0.1, 0.15) is 12.5 Å². The van der Waals surface area contributed by atoms with E-state index in [1.807, 2.05) is 43.0 Å². The number of rotatable bonds is 5. The third kappa shape index (κ3) is 3.28. The van der Waals surface area contributed by atoms with Crippen LogP contribution in [0.3, 0.4) is 0 Å². The fourth-order valence-corrected chi connectivity index (χ4v) is 2.08. The molecule has 0 aliphatic rings. The minimum absolute atomic E-state index is 0.0231. The Hall–Kier alpha value is -2.63. The Morgan fingerprint density at radius 2 is 1.95 bits per heavy atom. The van der Waals surface area contributed by atoms with Gasteiger partial charge < -0.3 is 10.2 Å². The first-order valence-corrected chi connectivity index (χ1v) is 6.73. The van der Waals surface area contributed by atoms with Crippen LogP contribution < -0.4 is 10.2 Å². The summed E-state index contributed by atoms with van der Waals surface area (Å²) in [6.07, 6.45) is 0. The third-order valence-corrected chi connectivity index (χ3v) is 3.20. The quantitative estimate of drug-likeness (QED) is 0.673. The van der Waals surface area contributed by atoms with Gasteiger partial charge >= 0.3 is 0 Å². The Balaban J connectivity index is 2.48. The first-order valence-electron chi connectivity index (χ1n) is 6.73. The van der Waals surface area contributed by atoms with Crippen molar-refractivity contribution in [1.29, 1.82) is 0 Å². The van der Waals surface area contributed by atoms with E-state index < -0.39 is 4.92 Å². The molecule has 2 rings (SSSR count). The number of nitrogens with zero attached hydrogens (tertiary/aromatic N) is 3. The van der Waals surface area contributed by atoms with Gasteiger partial charge in [-0.15, -0.1) is 0 Å². The summed E-state index contributed by atoms with van der Waals surface area (Å²) in [5, 5.41) is 13.9. The normalized spacial score (nSPS) is 10.2. The number of nitro groups is 1. The van der Waals surface area contributed by atoms with Gasteiger partial charge in [0.25, 0.3) is 5.69 Å². The first-order chi connectivity index (χ1) is 10.0. The van der Waals surface area contributed by atoms with Gasteiger partial charge in [0, 0.05) is 19.3 Å². The molecule has 0 aliphatic heterocycles. The average Bonchev–Trinajstić information content (AvgIpc) is 2.49. The highest BCUT2D eigenvalue weighted by molar-refractivity contribution is 5.65. The summed E-state index contributed by atoms with van der Waals surface area (Å²) >= 11 is 0. The van der Waals surface area contributed by atoms with Crippen LogP contribution in [0, 0.1) is 17.0 Å². The lowest BCUT2D eigenvalue weighted by Gasteiger charge is -2.22. The van der Waals surface area contributed by atoms with Gasteiger partial charge in [0.2, 0.25) is 0 Å². The lowest BCUT2D eigenvalue weighted by atomic mass is 10.2. The predicted octanol–water partition coefficient (Wildman–Crippen LogP) is 3.50. The number of pyridine rings is 1. The van der Waals surface area contributed by atoms with Crippen molar-refractivity contribution in [3.63, 3.8) is 0 Å². The molecule has 1 heterocycles. The second-order valence-corrected chi connectivity index (χ2v) is 4.66. The standard InChI is InChI=1S/C15H18N4O2/c1-4-18(12-7-5-11(2)6-8-12)15-10-13(19(20)21)9-14(16-3)17-15/h5-10H,4H2,1-3H3,(H,16,17). The maximum atomic E-state index is 11.0. The van der Waals surface area contributed by atoms with Crippen LogP contribution in [0.4, 0.5) is 23.0 Å². The highest BCUT2D eigenvalue weighted by Crippen LogP contribution is 2.28. The molecule has 0 radical (unpaired) electrons. The summed E-state index contributed by atoms with van der Waals surface area (Å²) in [4.78, 5) is 17.0. The molecule has 0 saturated carbocycles. The fraction of sp³-hybridized carbons (Fsp3) is 0.267. The lowest BCUT2D eigenvalue weighted by molar-refractivity contribution is -0.384. The zero-order valence-electron chi connectivity index (χ0n) is 12.3. The maximum Gasteiger partial charge on any atom is 0.276 e. The summed E-state index contributed by atoms with van der Waals surface area (Å²) in [6, 6.07) is 10.9. The van der Waals surface area contributed by atoms with Gasteiger partial charge in [0.1, 0.15) is 11.6 Å². The average molecular weight is 286 g/mol. The van der Waals surface area contributed by atoms with Gasteiger partial charge in [-0.2, -0.15) is 0 Å². The van der Waals surface area contributed by atoms with E-state index in [0.717, 1.165) is 11.3 Å². The van der Waals surface area contributed by atoms with Crippen LogP contribution in [-0.4, -0.2) is 23.5 Å². The van der Waals surface area contributed by atoms with Crippen LogP contribution in [-0.2, 0) is 0 Å². The molecule has 6 heteroatoms. The van der Waals surface area contributed by atoms with Gasteiger partial charge in [-0.25, -0.2) is 4.98 Å². The van der Waals surface area contributed by atoms with Crippen LogP contribution in [0.15, 0.2) is 36.4 Å². The molecule has 1 aromatic heterocycles. The number of benzene rings is 1. The summed E-state index contributed by atoms with van der Waals surface area (Å²) in [5.41, 5.74) is 2.14. The Kier molecular flexibility index (Phi) is 4.37. The third-order valence-electron chi connectivity index (χ3n) is 3.20. The van der Waals surface area contributed by atoms with Crippen molar-refractivity contribution in [2.24, 2.45) is 0 Å². The van der Waals surface area contributed by atoms with Gasteiger partial charge in [-0.1, -0.05) is 17.7 Å².